The number of carbonyl (C=O) groups excluding carboxylic acids is 3. The van der Waals surface area contributed by atoms with E-state index in [0.717, 1.165) is 17.0 Å². The number of para-hydroxylation sites is 1. The number of methoxy groups -OCH3 is 2. The summed E-state index contributed by atoms with van der Waals surface area (Å²) in [6.45, 7) is 2.98. The van der Waals surface area contributed by atoms with Crippen molar-refractivity contribution in [2.24, 2.45) is 5.41 Å². The predicted octanol–water partition coefficient (Wildman–Crippen LogP) is 1.71. The van der Waals surface area contributed by atoms with Crippen LogP contribution in [0.3, 0.4) is 0 Å². The van der Waals surface area contributed by atoms with E-state index in [9.17, 15) is 27.9 Å². The number of hydrogen-bond acceptors (Lipinski definition) is 9. The van der Waals surface area contributed by atoms with Gasteiger partial charge in [-0.3, -0.25) is 18.8 Å². The fourth-order valence-corrected chi connectivity index (χ4v) is 9.94. The van der Waals surface area contributed by atoms with E-state index in [1.807, 2.05) is 13.0 Å². The maximum absolute atomic E-state index is 14.7. The molecule has 3 fully saturated rings. The standard InChI is InChI=1S/C29H32N2O8S/c1-18-9-11-19(12-10-18)40(36,37)31-21-8-5-4-7-20(21)28-14-16-30-15-6-13-27(23(28)30,17-22(32)38-2)25(33)29(35,24(28)31)26(34)39-3/h4-5,7-12,23-24,35H,6,13-17H2,1-3H3/t23-,24+,27-,28+,29-/m0/s1. The number of fused-ring (bicyclic) bond motifs is 1. The average Bonchev–Trinajstić information content (AvgIpc) is 3.49. The van der Waals surface area contributed by atoms with Crippen molar-refractivity contribution in [1.82, 2.24) is 4.90 Å². The number of aryl methyl sites for hydroxylation is 1. The van der Waals surface area contributed by atoms with Crippen LogP contribution in [0.15, 0.2) is 53.4 Å². The van der Waals surface area contributed by atoms with Crippen molar-refractivity contribution in [3.8, 4) is 0 Å². The van der Waals surface area contributed by atoms with Gasteiger partial charge in [-0.05, 0) is 63.0 Å². The molecule has 0 radical (unpaired) electrons. The number of ether oxygens (including phenoxy) is 2. The van der Waals surface area contributed by atoms with Gasteiger partial charge in [0.05, 0.1) is 36.6 Å². The van der Waals surface area contributed by atoms with Crippen LogP contribution < -0.4 is 4.31 Å². The SMILES string of the molecule is COC(=O)C[C@]12CCCN3CC[C@@]4(c5ccccc5N(S(=O)(=O)c5ccc(C)cc5)[C@H]4[C@@](O)(C(=O)OC)C1=O)[C@@H]32. The molecule has 0 bridgehead atoms. The lowest BCUT2D eigenvalue weighted by atomic mass is 9.47. The Morgan fingerprint density at radius 1 is 1.00 bits per heavy atom. The van der Waals surface area contributed by atoms with Gasteiger partial charge in [0, 0.05) is 11.5 Å². The number of Topliss-reactive ketones (excluding diaryl/α,β-unsaturated/α-hetero) is 1. The summed E-state index contributed by atoms with van der Waals surface area (Å²) >= 11 is 0. The Morgan fingerprint density at radius 3 is 2.38 bits per heavy atom. The second-order valence-electron chi connectivity index (χ2n) is 11.4. The largest absolute Gasteiger partial charge is 0.469 e. The molecule has 3 heterocycles. The zero-order chi connectivity index (χ0) is 28.7. The number of nitrogens with zero attached hydrogens (tertiary/aromatic N) is 2. The Bertz CT molecular complexity index is 1520. The van der Waals surface area contributed by atoms with Gasteiger partial charge in [0.1, 0.15) is 6.04 Å². The van der Waals surface area contributed by atoms with Crippen LogP contribution in [0.25, 0.3) is 0 Å². The van der Waals surface area contributed by atoms with Crippen molar-refractivity contribution in [3.63, 3.8) is 0 Å². The van der Waals surface area contributed by atoms with Crippen LogP contribution in [0.2, 0.25) is 0 Å². The Balaban J connectivity index is 1.69. The molecule has 1 spiro atoms. The first-order valence-corrected chi connectivity index (χ1v) is 14.8. The van der Waals surface area contributed by atoms with Crippen molar-refractivity contribution in [3.05, 3.63) is 59.7 Å². The van der Waals surface area contributed by atoms with Crippen molar-refractivity contribution >= 4 is 33.4 Å². The van der Waals surface area contributed by atoms with Crippen LogP contribution in [0.5, 0.6) is 0 Å². The van der Waals surface area contributed by atoms with Crippen molar-refractivity contribution in [1.29, 1.82) is 0 Å². The van der Waals surface area contributed by atoms with Gasteiger partial charge in [0.25, 0.3) is 10.0 Å². The highest BCUT2D eigenvalue weighted by Crippen LogP contribution is 2.67. The van der Waals surface area contributed by atoms with Crippen molar-refractivity contribution in [2.75, 3.05) is 31.6 Å². The quantitative estimate of drug-likeness (QED) is 0.423. The first kappa shape index (κ1) is 26.9. The third-order valence-corrected chi connectivity index (χ3v) is 11.4. The van der Waals surface area contributed by atoms with E-state index in [2.05, 4.69) is 4.90 Å². The minimum atomic E-state index is -4.39. The molecule has 1 saturated carbocycles. The van der Waals surface area contributed by atoms with Crippen LogP contribution >= 0.6 is 0 Å². The summed E-state index contributed by atoms with van der Waals surface area (Å²) in [4.78, 5) is 43.3. The smallest absolute Gasteiger partial charge is 0.348 e. The summed E-state index contributed by atoms with van der Waals surface area (Å²) < 4.78 is 40.1. The number of piperidine rings is 1. The fraction of sp³-hybridized carbons (Fsp3) is 0.483. The first-order chi connectivity index (χ1) is 19.0. The van der Waals surface area contributed by atoms with Gasteiger partial charge in [-0.25, -0.2) is 13.2 Å². The summed E-state index contributed by atoms with van der Waals surface area (Å²) in [5.74, 6) is -2.78. The number of rotatable bonds is 5. The molecule has 4 aliphatic rings. The molecule has 10 nitrogen and oxygen atoms in total. The number of anilines is 1. The van der Waals surface area contributed by atoms with Gasteiger partial charge in [-0.1, -0.05) is 35.9 Å². The molecule has 0 amide bonds. The van der Waals surface area contributed by atoms with E-state index in [4.69, 9.17) is 9.47 Å². The average molecular weight is 569 g/mol. The van der Waals surface area contributed by atoms with E-state index < -0.39 is 56.3 Å². The van der Waals surface area contributed by atoms with Crippen LogP contribution in [0, 0.1) is 12.3 Å². The monoisotopic (exact) mass is 568 g/mol. The molecule has 5 atom stereocenters. The molecule has 6 rings (SSSR count). The number of sulfonamides is 1. The van der Waals surface area contributed by atoms with Crippen LogP contribution in [0.4, 0.5) is 5.69 Å². The van der Waals surface area contributed by atoms with Gasteiger partial charge >= 0.3 is 11.9 Å². The lowest BCUT2D eigenvalue weighted by molar-refractivity contribution is -0.193. The molecule has 2 aromatic carbocycles. The fourth-order valence-electron chi connectivity index (χ4n) is 8.19. The van der Waals surface area contributed by atoms with Crippen molar-refractivity contribution < 1.29 is 37.4 Å². The highest BCUT2D eigenvalue weighted by molar-refractivity contribution is 7.93. The Hall–Kier alpha value is -3.28. The molecule has 2 aromatic rings. The Kier molecular flexibility index (Phi) is 5.96. The molecule has 11 heteroatoms. The van der Waals surface area contributed by atoms with Gasteiger partial charge in [0.2, 0.25) is 5.60 Å². The van der Waals surface area contributed by atoms with Gasteiger partial charge in [-0.2, -0.15) is 0 Å². The van der Waals surface area contributed by atoms with Gasteiger partial charge in [-0.15, -0.1) is 0 Å². The summed E-state index contributed by atoms with van der Waals surface area (Å²) in [5.41, 5.74) is -3.78. The highest BCUT2D eigenvalue weighted by atomic mass is 32.2. The van der Waals surface area contributed by atoms with Gasteiger partial charge in [0.15, 0.2) is 5.78 Å². The summed E-state index contributed by atoms with van der Waals surface area (Å²) in [7, 11) is -2.10. The number of benzene rings is 2. The topological polar surface area (TPSA) is 131 Å². The van der Waals surface area contributed by atoms with Crippen LogP contribution in [-0.4, -0.2) is 81.1 Å². The highest BCUT2D eigenvalue weighted by Gasteiger charge is 2.81. The lowest BCUT2D eigenvalue weighted by Crippen LogP contribution is -2.80. The van der Waals surface area contributed by atoms with Crippen LogP contribution in [0.1, 0.15) is 36.8 Å². The third-order valence-electron chi connectivity index (χ3n) is 9.58. The minimum absolute atomic E-state index is 0.0329. The summed E-state index contributed by atoms with van der Waals surface area (Å²) in [5, 5.41) is 12.5. The summed E-state index contributed by atoms with van der Waals surface area (Å²) in [6.07, 6.45) is 0.825. The van der Waals surface area contributed by atoms with Crippen LogP contribution in [-0.2, 0) is 39.3 Å². The Labute approximate surface area is 232 Å². The second-order valence-corrected chi connectivity index (χ2v) is 13.2. The molecule has 0 aromatic heterocycles. The van der Waals surface area contributed by atoms with E-state index in [1.165, 1.54) is 19.2 Å². The molecule has 1 aliphatic carbocycles. The molecule has 212 valence electrons. The number of carbonyl (C=O) groups is 3. The summed E-state index contributed by atoms with van der Waals surface area (Å²) in [6, 6.07) is 11.0. The van der Waals surface area contributed by atoms with Crippen molar-refractivity contribution in [2.45, 2.75) is 60.6 Å². The third kappa shape index (κ3) is 3.16. The molecule has 3 aliphatic heterocycles. The predicted molar refractivity (Wildman–Crippen MR) is 143 cm³/mol. The zero-order valence-corrected chi connectivity index (χ0v) is 23.4. The number of hydrogen-bond donors (Lipinski definition) is 1. The maximum atomic E-state index is 14.7. The molecule has 40 heavy (non-hydrogen) atoms. The zero-order valence-electron chi connectivity index (χ0n) is 22.6. The van der Waals surface area contributed by atoms with E-state index in [0.29, 0.717) is 37.2 Å². The number of ketones is 1. The molecular formula is C29H32N2O8S. The molecule has 0 unspecified atom stereocenters. The molecular weight excluding hydrogens is 536 g/mol. The van der Waals surface area contributed by atoms with E-state index in [-0.39, 0.29) is 17.7 Å². The number of aliphatic hydroxyl groups is 1. The normalized spacial score (nSPS) is 32.7. The maximum Gasteiger partial charge on any atom is 0.348 e. The second kappa shape index (κ2) is 8.86. The van der Waals surface area contributed by atoms with E-state index in [1.54, 1.807) is 30.3 Å². The number of esters is 2. The van der Waals surface area contributed by atoms with Gasteiger partial charge < -0.3 is 14.6 Å². The molecule has 1 N–H and O–H groups in total. The first-order valence-electron chi connectivity index (χ1n) is 13.4. The van der Waals surface area contributed by atoms with E-state index >= 15 is 0 Å². The Morgan fingerprint density at radius 2 is 1.70 bits per heavy atom. The lowest BCUT2D eigenvalue weighted by Gasteiger charge is -2.60. The minimum Gasteiger partial charge on any atom is -0.469 e. The molecule has 2 saturated heterocycles.